The average molecular weight is 429 g/mol. The lowest BCUT2D eigenvalue weighted by atomic mass is 10.0. The minimum Gasteiger partial charge on any atom is -0.484 e. The van der Waals surface area contributed by atoms with Gasteiger partial charge >= 0.3 is 0 Å². The second-order valence-electron chi connectivity index (χ2n) is 8.25. The van der Waals surface area contributed by atoms with Crippen LogP contribution >= 0.6 is 0 Å². The van der Waals surface area contributed by atoms with Crippen molar-refractivity contribution in [2.75, 3.05) is 6.61 Å². The van der Waals surface area contributed by atoms with Gasteiger partial charge in [-0.3, -0.25) is 9.59 Å². The molecule has 0 fully saturated rings. The molecule has 31 heavy (non-hydrogen) atoms. The van der Waals surface area contributed by atoms with E-state index in [0.717, 1.165) is 5.56 Å². The van der Waals surface area contributed by atoms with E-state index >= 15 is 0 Å². The lowest BCUT2D eigenvalue weighted by Gasteiger charge is -2.31. The molecule has 0 bridgehead atoms. The zero-order chi connectivity index (χ0) is 23.0. The molecule has 1 unspecified atom stereocenters. The summed E-state index contributed by atoms with van der Waals surface area (Å²) in [5, 5.41) is 2.88. The number of rotatable bonds is 10. The third-order valence-corrected chi connectivity index (χ3v) is 4.99. The first-order valence-corrected chi connectivity index (χ1v) is 10.8. The van der Waals surface area contributed by atoms with E-state index in [0.29, 0.717) is 18.1 Å². The third kappa shape index (κ3) is 7.39. The Morgan fingerprint density at radius 3 is 2.13 bits per heavy atom. The van der Waals surface area contributed by atoms with Gasteiger partial charge < -0.3 is 15.0 Å². The highest BCUT2D eigenvalue weighted by Gasteiger charge is 2.29. The molecular formula is C25H33FN2O3. The first-order valence-electron chi connectivity index (χ1n) is 10.8. The SMILES string of the molecule is CCC(C(=O)NC(C)C)N(Cc1ccc(F)cc1)C(=O)COc1ccc(C(C)C)cc1. The minimum atomic E-state index is -0.646. The van der Waals surface area contributed by atoms with Gasteiger partial charge in [0.2, 0.25) is 5.91 Å². The summed E-state index contributed by atoms with van der Waals surface area (Å²) in [6.07, 6.45) is 0.453. The summed E-state index contributed by atoms with van der Waals surface area (Å²) in [6.45, 7) is 9.84. The Bertz CT molecular complexity index is 848. The van der Waals surface area contributed by atoms with E-state index in [1.165, 1.54) is 22.6 Å². The van der Waals surface area contributed by atoms with Crippen LogP contribution in [0.1, 0.15) is 58.1 Å². The molecule has 0 spiro atoms. The Balaban J connectivity index is 2.17. The van der Waals surface area contributed by atoms with Crippen LogP contribution in [-0.2, 0) is 16.1 Å². The largest absolute Gasteiger partial charge is 0.484 e. The molecule has 6 heteroatoms. The zero-order valence-electron chi connectivity index (χ0n) is 19.0. The van der Waals surface area contributed by atoms with Crippen molar-refractivity contribution in [2.45, 2.75) is 65.6 Å². The molecule has 1 atom stereocenters. The van der Waals surface area contributed by atoms with Crippen LogP contribution in [0.25, 0.3) is 0 Å². The Labute approximate surface area is 184 Å². The van der Waals surface area contributed by atoms with Gasteiger partial charge in [0.25, 0.3) is 5.91 Å². The van der Waals surface area contributed by atoms with Crippen molar-refractivity contribution in [3.8, 4) is 5.75 Å². The fourth-order valence-corrected chi connectivity index (χ4v) is 3.26. The summed E-state index contributed by atoms with van der Waals surface area (Å²) in [5.41, 5.74) is 1.93. The van der Waals surface area contributed by atoms with Crippen molar-refractivity contribution in [1.82, 2.24) is 10.2 Å². The Morgan fingerprint density at radius 1 is 1.00 bits per heavy atom. The van der Waals surface area contributed by atoms with Gasteiger partial charge in [-0.1, -0.05) is 45.0 Å². The molecule has 0 saturated carbocycles. The molecule has 5 nitrogen and oxygen atoms in total. The molecule has 1 N–H and O–H groups in total. The lowest BCUT2D eigenvalue weighted by Crippen LogP contribution is -2.51. The second kappa shape index (κ2) is 11.5. The maximum absolute atomic E-state index is 13.3. The van der Waals surface area contributed by atoms with E-state index < -0.39 is 6.04 Å². The van der Waals surface area contributed by atoms with Crippen LogP contribution in [0.3, 0.4) is 0 Å². The zero-order valence-corrected chi connectivity index (χ0v) is 19.0. The Hall–Kier alpha value is -2.89. The van der Waals surface area contributed by atoms with Crippen molar-refractivity contribution in [3.63, 3.8) is 0 Å². The molecule has 2 aromatic carbocycles. The number of carbonyl (C=O) groups is 2. The highest BCUT2D eigenvalue weighted by atomic mass is 19.1. The molecule has 2 rings (SSSR count). The van der Waals surface area contributed by atoms with E-state index in [4.69, 9.17) is 4.74 Å². The standard InChI is InChI=1S/C25H33FN2O3/c1-6-23(25(30)27-18(4)5)28(15-19-7-11-21(26)12-8-19)24(29)16-31-22-13-9-20(10-14-22)17(2)3/h7-14,17-18,23H,6,15-16H2,1-5H3,(H,27,30). The predicted molar refractivity (Wildman–Crippen MR) is 120 cm³/mol. The van der Waals surface area contributed by atoms with Crippen LogP contribution in [0.2, 0.25) is 0 Å². The van der Waals surface area contributed by atoms with E-state index in [-0.39, 0.29) is 36.8 Å². The summed E-state index contributed by atoms with van der Waals surface area (Å²) in [6, 6.07) is 12.9. The van der Waals surface area contributed by atoms with Gasteiger partial charge in [-0.25, -0.2) is 4.39 Å². The molecule has 0 aromatic heterocycles. The Morgan fingerprint density at radius 2 is 1.61 bits per heavy atom. The molecule has 0 saturated heterocycles. The number of hydrogen-bond donors (Lipinski definition) is 1. The lowest BCUT2D eigenvalue weighted by molar-refractivity contribution is -0.143. The topological polar surface area (TPSA) is 58.6 Å². The molecule has 168 valence electrons. The fourth-order valence-electron chi connectivity index (χ4n) is 3.26. The fraction of sp³-hybridized carbons (Fsp3) is 0.440. The van der Waals surface area contributed by atoms with Crippen molar-refractivity contribution in [1.29, 1.82) is 0 Å². The summed E-state index contributed by atoms with van der Waals surface area (Å²) in [5.74, 6) is 0.141. The molecule has 2 amide bonds. The van der Waals surface area contributed by atoms with Gasteiger partial charge in [0.15, 0.2) is 6.61 Å². The molecule has 0 aliphatic heterocycles. The van der Waals surface area contributed by atoms with Gasteiger partial charge in [0, 0.05) is 12.6 Å². The molecule has 0 aliphatic rings. The maximum Gasteiger partial charge on any atom is 0.261 e. The molecule has 0 heterocycles. The van der Waals surface area contributed by atoms with Crippen LogP contribution in [0.4, 0.5) is 4.39 Å². The number of amides is 2. The highest BCUT2D eigenvalue weighted by Crippen LogP contribution is 2.19. The van der Waals surface area contributed by atoms with Gasteiger partial charge in [-0.15, -0.1) is 0 Å². The van der Waals surface area contributed by atoms with E-state index in [1.807, 2.05) is 45.0 Å². The Kier molecular flexibility index (Phi) is 9.03. The normalized spacial score (nSPS) is 12.0. The summed E-state index contributed by atoms with van der Waals surface area (Å²) in [4.78, 5) is 27.4. The highest BCUT2D eigenvalue weighted by molar-refractivity contribution is 5.88. The maximum atomic E-state index is 13.3. The molecule has 0 radical (unpaired) electrons. The van der Waals surface area contributed by atoms with E-state index in [9.17, 15) is 14.0 Å². The molecule has 0 aliphatic carbocycles. The quantitative estimate of drug-likeness (QED) is 0.599. The van der Waals surface area contributed by atoms with Crippen molar-refractivity contribution in [2.24, 2.45) is 0 Å². The number of nitrogens with zero attached hydrogens (tertiary/aromatic N) is 1. The smallest absolute Gasteiger partial charge is 0.261 e. The number of hydrogen-bond acceptors (Lipinski definition) is 3. The molecule has 2 aromatic rings. The van der Waals surface area contributed by atoms with Crippen molar-refractivity contribution in [3.05, 3.63) is 65.5 Å². The van der Waals surface area contributed by atoms with Gasteiger partial charge in [0.05, 0.1) is 0 Å². The minimum absolute atomic E-state index is 0.0416. The van der Waals surface area contributed by atoms with Crippen molar-refractivity contribution >= 4 is 11.8 Å². The van der Waals surface area contributed by atoms with E-state index in [2.05, 4.69) is 19.2 Å². The average Bonchev–Trinajstić information content (AvgIpc) is 2.73. The van der Waals surface area contributed by atoms with Gasteiger partial charge in [-0.2, -0.15) is 0 Å². The third-order valence-electron chi connectivity index (χ3n) is 4.99. The van der Waals surface area contributed by atoms with Crippen LogP contribution in [0.15, 0.2) is 48.5 Å². The van der Waals surface area contributed by atoms with Crippen LogP contribution < -0.4 is 10.1 Å². The number of benzene rings is 2. The monoisotopic (exact) mass is 428 g/mol. The first kappa shape index (κ1) is 24.4. The van der Waals surface area contributed by atoms with E-state index in [1.54, 1.807) is 12.1 Å². The number of halogens is 1. The first-order chi connectivity index (χ1) is 14.7. The number of carbonyl (C=O) groups excluding carboxylic acids is 2. The number of nitrogens with one attached hydrogen (secondary N) is 1. The number of ether oxygens (including phenoxy) is 1. The summed E-state index contributed by atoms with van der Waals surface area (Å²) in [7, 11) is 0. The predicted octanol–water partition coefficient (Wildman–Crippen LogP) is 4.66. The van der Waals surface area contributed by atoms with Gasteiger partial charge in [0.1, 0.15) is 17.6 Å². The van der Waals surface area contributed by atoms with Crippen LogP contribution in [0, 0.1) is 5.82 Å². The summed E-state index contributed by atoms with van der Waals surface area (Å²) < 4.78 is 19.0. The second-order valence-corrected chi connectivity index (χ2v) is 8.25. The van der Waals surface area contributed by atoms with Crippen LogP contribution in [-0.4, -0.2) is 35.4 Å². The van der Waals surface area contributed by atoms with Crippen LogP contribution in [0.5, 0.6) is 5.75 Å². The van der Waals surface area contributed by atoms with Gasteiger partial charge in [-0.05, 0) is 61.6 Å². The summed E-state index contributed by atoms with van der Waals surface area (Å²) >= 11 is 0. The van der Waals surface area contributed by atoms with Crippen molar-refractivity contribution < 1.29 is 18.7 Å². The molecular weight excluding hydrogens is 395 g/mol.